The van der Waals surface area contributed by atoms with Crippen molar-refractivity contribution in [2.75, 3.05) is 27.2 Å². The van der Waals surface area contributed by atoms with E-state index in [4.69, 9.17) is 23.4 Å². The summed E-state index contributed by atoms with van der Waals surface area (Å²) >= 11 is 0. The van der Waals surface area contributed by atoms with Crippen molar-refractivity contribution in [3.8, 4) is 11.5 Å². The minimum atomic E-state index is -1.80. The number of carbonyl (C=O) groups is 11. The molecular weight excluding hydrogens is 1630 g/mol. The number of hydrogen-bond acceptors (Lipinski definition) is 22. The predicted octanol–water partition coefficient (Wildman–Crippen LogP) is 8.14. The van der Waals surface area contributed by atoms with E-state index in [1.54, 1.807) is 151 Å². The fourth-order valence-corrected chi connectivity index (χ4v) is 14.8. The topological polar surface area (TPSA) is 450 Å². The molecule has 6 aromatic carbocycles. The molecule has 36 heteroatoms. The Labute approximate surface area is 735 Å². The molecule has 3 aromatic heterocycles. The van der Waals surface area contributed by atoms with Gasteiger partial charge in [0.2, 0.25) is 53.4 Å². The molecule has 0 aliphatic carbocycles. The summed E-state index contributed by atoms with van der Waals surface area (Å²) in [5.74, 6) is -8.41. The normalized spacial score (nSPS) is 19.3. The maximum Gasteiger partial charge on any atom is 0.434 e. The zero-order valence-corrected chi connectivity index (χ0v) is 74.6. The van der Waals surface area contributed by atoms with Crippen LogP contribution in [0.15, 0.2) is 155 Å². The van der Waals surface area contributed by atoms with Crippen molar-refractivity contribution in [3.63, 3.8) is 0 Å². The highest BCUT2D eigenvalue weighted by molar-refractivity contribution is 5.98. The Bertz CT molecular complexity index is 5540. The SMILES string of the molecule is CCCN(C(=O)[C@@H](NC(=O)[C@H](C)N(C)C(=O)OC(C)(C)C)C(C)(C)C)[C@@H]1C(=O)N[C@@H](Cc2ccc3ccccc3c2)C(=O)N[C@H](C(=O)O)Cc2ccc(cc2)OCc2cn(nn2)[C@@H]2CCN(C(=O)[C@@H](NC(=O)[C@H](C)N(C)C(=O)OC(C)(C)C)C(C)(C)C)[C@@H]2C(=O)N[C@@H](Cc2ccc3ccccc3c2)C(=O)N[C@H](c2n[nH]c(=O)o2)Cc2ccc(cc2)OCc2cn1nn2. The van der Waals surface area contributed by atoms with Crippen molar-refractivity contribution in [1.82, 2.24) is 91.7 Å². The second-order valence-corrected chi connectivity index (χ2v) is 36.3. The van der Waals surface area contributed by atoms with E-state index >= 15 is 28.8 Å². The van der Waals surface area contributed by atoms with Crippen LogP contribution < -0.4 is 47.1 Å². The van der Waals surface area contributed by atoms with Gasteiger partial charge in [-0.3, -0.25) is 48.2 Å². The molecule has 0 unspecified atom stereocenters. The third-order valence-electron chi connectivity index (χ3n) is 21.9. The summed E-state index contributed by atoms with van der Waals surface area (Å²) in [4.78, 5) is 181. The number of nitrogens with zero attached hydrogens (tertiary/aromatic N) is 11. The number of H-pyrrole nitrogens is 1. The van der Waals surface area contributed by atoms with Crippen molar-refractivity contribution in [3.05, 3.63) is 196 Å². The van der Waals surface area contributed by atoms with Crippen molar-refractivity contribution in [1.29, 1.82) is 0 Å². The molecule has 5 aliphatic rings. The number of likely N-dealkylation sites (N-methyl/N-ethyl adjacent to an activating group) is 2. The summed E-state index contributed by atoms with van der Waals surface area (Å²) in [5, 5.41) is 55.8. The highest BCUT2D eigenvalue weighted by Gasteiger charge is 2.50. The van der Waals surface area contributed by atoms with Gasteiger partial charge in [-0.15, -0.1) is 15.3 Å². The Balaban J connectivity index is 0.973. The molecule has 14 rings (SSSR count). The highest BCUT2D eigenvalue weighted by Crippen LogP contribution is 2.35. The number of carboxylic acid groups (broad SMARTS) is 1. The molecule has 8 bridgehead atoms. The van der Waals surface area contributed by atoms with Crippen LogP contribution in [0.25, 0.3) is 21.5 Å². The van der Waals surface area contributed by atoms with Gasteiger partial charge < -0.3 is 70.2 Å². The van der Waals surface area contributed by atoms with E-state index in [1.807, 2.05) is 78.9 Å². The molecular formula is C91H114N18O18. The molecule has 8 N–H and O–H groups in total. The molecule has 36 nitrogen and oxygen atoms in total. The lowest BCUT2D eigenvalue weighted by Crippen LogP contribution is -2.61. The standard InChI is InChI=1S/C91H114N18O18/c1-18-40-107(83(117)73(89(7,8)9)97-75(111)53(3)105(17)87(122)127-91(13,14)15)81-79(115)93-67(47-57-28-34-59-24-20-22-26-61(59)43-57)77(113)95-69(84(118)119)45-55-31-37-65(38-32-55)123-50-62-48-108(102-98-62)70-39-41-106(82(116)72(88(4,5)6)96-74(110)52(2)104(16)86(121)126-90(10,11)12)71(70)78(114)92-66(46-56-27-33-58-23-19-21-25-60(58)42-56)76(112)94-68(80-100-101-85(120)125-80)44-54-29-35-64(36-30-54)124-51-63-49-109(81)103-99-63/h19-38,42-43,48-49,52-53,66-73,81H,18,39-41,44-47,50-51H2,1-17H3,(H,92,114)(H,93,115)(H,94,112)(H,95,113)(H,96,110)(H,97,111)(H,101,120)(H,118,119)/t52-,53-,66-,67-,68-,69-,70+,71-,72+,73+,81-/m0/s1. The van der Waals surface area contributed by atoms with Crippen LogP contribution in [0.2, 0.25) is 0 Å². The second kappa shape index (κ2) is 39.7. The first-order valence-electron chi connectivity index (χ1n) is 42.2. The van der Waals surface area contributed by atoms with E-state index in [-0.39, 0.29) is 93.6 Å². The summed E-state index contributed by atoms with van der Waals surface area (Å²) in [6, 6.07) is 25.6. The van der Waals surface area contributed by atoms with Gasteiger partial charge in [0.15, 0.2) is 0 Å². The Morgan fingerprint density at radius 2 is 1.03 bits per heavy atom. The van der Waals surface area contributed by atoms with Gasteiger partial charge in [0.05, 0.1) is 18.4 Å². The zero-order valence-electron chi connectivity index (χ0n) is 74.6. The minimum absolute atomic E-state index is 0.0804. The number of ether oxygens (including phenoxy) is 4. The van der Waals surface area contributed by atoms with Crippen molar-refractivity contribution >= 4 is 87.0 Å². The number of aromatic amines is 1. The van der Waals surface area contributed by atoms with Gasteiger partial charge in [0.25, 0.3) is 5.91 Å². The van der Waals surface area contributed by atoms with Crippen LogP contribution in [0.5, 0.6) is 11.5 Å². The number of aliphatic carboxylic acids is 1. The van der Waals surface area contributed by atoms with E-state index < -0.39 is 160 Å². The van der Waals surface area contributed by atoms with Gasteiger partial charge in [-0.2, -0.15) is 0 Å². The smallest absolute Gasteiger partial charge is 0.434 e. The van der Waals surface area contributed by atoms with E-state index in [1.165, 1.54) is 48.6 Å². The Morgan fingerprint density at radius 1 is 0.567 bits per heavy atom. The van der Waals surface area contributed by atoms with Gasteiger partial charge in [-0.1, -0.05) is 168 Å². The van der Waals surface area contributed by atoms with Crippen LogP contribution in [0.3, 0.4) is 0 Å². The lowest BCUT2D eigenvalue weighted by atomic mass is 9.85. The molecule has 9 aromatic rings. The number of carbonyl (C=O) groups excluding carboxylic acids is 10. The maximum atomic E-state index is 16.0. The lowest BCUT2D eigenvalue weighted by Gasteiger charge is -2.39. The van der Waals surface area contributed by atoms with Gasteiger partial charge in [0, 0.05) is 52.9 Å². The quantitative estimate of drug-likeness (QED) is 0.0426. The Kier molecular flexibility index (Phi) is 29.4. The van der Waals surface area contributed by atoms with Crippen molar-refractivity contribution < 1.29 is 81.2 Å². The van der Waals surface area contributed by atoms with Gasteiger partial charge in [-0.25, -0.2) is 33.6 Å². The van der Waals surface area contributed by atoms with Crippen molar-refractivity contribution in [2.45, 2.75) is 233 Å². The van der Waals surface area contributed by atoms with Crippen LogP contribution in [0.1, 0.15) is 174 Å². The van der Waals surface area contributed by atoms with E-state index in [9.17, 15) is 33.9 Å². The minimum Gasteiger partial charge on any atom is -0.487 e. The summed E-state index contributed by atoms with van der Waals surface area (Å²) < 4.78 is 31.8. The Hall–Kier alpha value is -13.6. The number of hydrogen-bond donors (Lipinski definition) is 8. The second-order valence-electron chi connectivity index (χ2n) is 36.3. The molecule has 1 fully saturated rings. The van der Waals surface area contributed by atoms with Crippen LogP contribution in [-0.2, 0) is 91.5 Å². The number of carboxylic acids is 1. The number of benzene rings is 6. The summed E-state index contributed by atoms with van der Waals surface area (Å²) in [6.07, 6.45) is -0.883. The fourth-order valence-electron chi connectivity index (χ4n) is 14.8. The van der Waals surface area contributed by atoms with Gasteiger partial charge in [0.1, 0.15) is 102 Å². The van der Waals surface area contributed by atoms with Crippen LogP contribution >= 0.6 is 0 Å². The molecule has 8 heterocycles. The third kappa shape index (κ3) is 24.3. The molecule has 0 radical (unpaired) electrons. The zero-order chi connectivity index (χ0) is 92.3. The van der Waals surface area contributed by atoms with Crippen LogP contribution in [-0.4, -0.2) is 217 Å². The molecule has 1 saturated heterocycles. The number of fused-ring (bicyclic) bond motifs is 2. The largest absolute Gasteiger partial charge is 0.487 e. The molecule has 0 saturated carbocycles. The first-order valence-corrected chi connectivity index (χ1v) is 42.2. The monoisotopic (exact) mass is 1750 g/mol. The first kappa shape index (κ1) is 94.1. The predicted molar refractivity (Wildman–Crippen MR) is 466 cm³/mol. The fraction of sp³-hybridized carbons (Fsp3) is 0.462. The maximum absolute atomic E-state index is 16.0. The average molecular weight is 1750 g/mol. The van der Waals surface area contributed by atoms with E-state index in [0.717, 1.165) is 36.0 Å². The molecule has 5 aliphatic heterocycles. The number of rotatable bonds is 17. The molecule has 0 spiro atoms. The van der Waals surface area contributed by atoms with Crippen LogP contribution in [0, 0.1) is 10.8 Å². The number of aromatic nitrogens is 8. The third-order valence-corrected chi connectivity index (χ3v) is 21.9. The number of likely N-dealkylation sites (tertiary alicyclic amines) is 1. The highest BCUT2D eigenvalue weighted by atomic mass is 16.6. The summed E-state index contributed by atoms with van der Waals surface area (Å²) in [7, 11) is 2.78. The number of nitrogens with one attached hydrogen (secondary N) is 7. The van der Waals surface area contributed by atoms with E-state index in [0.29, 0.717) is 22.3 Å². The average Bonchev–Trinajstić information content (AvgIpc) is 1.65. The Morgan fingerprint density at radius 3 is 1.50 bits per heavy atom. The van der Waals surface area contributed by atoms with Crippen molar-refractivity contribution in [2.24, 2.45) is 10.8 Å². The summed E-state index contributed by atoms with van der Waals surface area (Å²) in [6.45, 7) is 24.4. The molecule has 10 amide bonds. The van der Waals surface area contributed by atoms with Gasteiger partial charge >= 0.3 is 23.9 Å². The van der Waals surface area contributed by atoms with E-state index in [2.05, 4.69) is 62.7 Å². The number of amides is 10. The lowest BCUT2D eigenvalue weighted by molar-refractivity contribution is -0.150. The first-order chi connectivity index (χ1) is 59.9. The molecule has 11 atom stereocenters. The van der Waals surface area contributed by atoms with Gasteiger partial charge in [-0.05, 0) is 147 Å². The molecule has 127 heavy (non-hydrogen) atoms. The summed E-state index contributed by atoms with van der Waals surface area (Å²) in [5.41, 5.74) is -1.43. The van der Waals surface area contributed by atoms with Crippen LogP contribution in [0.4, 0.5) is 9.59 Å². The molecule has 676 valence electrons.